The molecular weight excluding hydrogens is 694 g/mol. The number of nitro groups is 1. The van der Waals surface area contributed by atoms with Gasteiger partial charge in [-0.25, -0.2) is 9.97 Å². The molecule has 0 spiro atoms. The third-order valence-corrected chi connectivity index (χ3v) is 9.46. The molecule has 1 atom stereocenters. The molecular formula is C44H29CuN5O2. The summed E-state index contributed by atoms with van der Waals surface area (Å²) in [5.41, 5.74) is 12.1. The van der Waals surface area contributed by atoms with Crippen LogP contribution in [0.3, 0.4) is 0 Å². The number of rotatable bonds is 5. The van der Waals surface area contributed by atoms with Gasteiger partial charge in [-0.05, 0) is 56.7 Å². The molecule has 0 saturated carbocycles. The van der Waals surface area contributed by atoms with Crippen molar-refractivity contribution in [2.75, 3.05) is 0 Å². The second-order valence-electron chi connectivity index (χ2n) is 12.6. The smallest absolute Gasteiger partial charge is 0.657 e. The van der Waals surface area contributed by atoms with Crippen molar-refractivity contribution in [1.29, 1.82) is 0 Å². The van der Waals surface area contributed by atoms with Crippen molar-refractivity contribution >= 4 is 34.2 Å². The molecule has 2 aliphatic rings. The van der Waals surface area contributed by atoms with E-state index in [1.165, 1.54) is 0 Å². The van der Waals surface area contributed by atoms with Crippen LogP contribution >= 0.6 is 0 Å². The maximum Gasteiger partial charge on any atom is 2.00 e. The van der Waals surface area contributed by atoms with Gasteiger partial charge in [0, 0.05) is 4.92 Å². The summed E-state index contributed by atoms with van der Waals surface area (Å²) in [6.07, 6.45) is 4.19. The summed E-state index contributed by atoms with van der Waals surface area (Å²) in [5, 5.41) is 12.9. The zero-order valence-corrected chi connectivity index (χ0v) is 28.6. The monoisotopic (exact) mass is 722 g/mol. The summed E-state index contributed by atoms with van der Waals surface area (Å²) in [7, 11) is 0. The molecule has 0 fully saturated rings. The van der Waals surface area contributed by atoms with E-state index < -0.39 is 6.04 Å². The van der Waals surface area contributed by atoms with E-state index in [2.05, 4.69) is 24.3 Å². The van der Waals surface area contributed by atoms with Gasteiger partial charge in [0.05, 0.1) is 23.5 Å². The van der Waals surface area contributed by atoms with Gasteiger partial charge >= 0.3 is 17.1 Å². The standard InChI is InChI=1S/C44H29N5O2.Cu/c50-49(51)39-27-38-42(30-17-9-3-10-18-30)36-24-23-34(46-36)40(28-13-5-1-6-14-28)32-21-22-33(45-32)41(29-15-7-2-8-16-29)35-25-26-37(47-35)43(44(39)48-38)31-19-11-4-12-20-31;/h1-26,39H,27H2;/q-2;+2. The van der Waals surface area contributed by atoms with Crippen molar-refractivity contribution in [3.8, 4) is 44.5 Å². The van der Waals surface area contributed by atoms with Crippen LogP contribution in [-0.4, -0.2) is 14.9 Å². The fraction of sp³-hybridized carbons (Fsp3) is 0.0455. The van der Waals surface area contributed by atoms with Crippen molar-refractivity contribution in [2.24, 2.45) is 0 Å². The Morgan fingerprint density at radius 1 is 0.500 bits per heavy atom. The van der Waals surface area contributed by atoms with Crippen molar-refractivity contribution in [3.63, 3.8) is 0 Å². The van der Waals surface area contributed by atoms with Crippen LogP contribution in [0.2, 0.25) is 0 Å². The molecule has 0 aliphatic carbocycles. The summed E-state index contributed by atoms with van der Waals surface area (Å²) in [5.74, 6) is 0. The molecule has 0 N–H and O–H groups in total. The molecule has 7 nitrogen and oxygen atoms in total. The number of hydrogen-bond donors (Lipinski definition) is 0. The first kappa shape index (κ1) is 32.8. The molecule has 8 bridgehead atoms. The zero-order chi connectivity index (χ0) is 34.3. The van der Waals surface area contributed by atoms with Crippen LogP contribution in [0, 0.1) is 10.1 Å². The van der Waals surface area contributed by atoms with Gasteiger partial charge in [-0.15, -0.1) is 22.1 Å². The predicted octanol–water partition coefficient (Wildman–Crippen LogP) is 9.97. The SMILES string of the molecule is O=[N+]([O-])C1Cc2nc1c(-c1ccccc1)c1ccc([n-]1)c(-c1ccccc1)c1nc(c(-c3ccccc3)c3ccc([n-]3)c2-c2ccccc2)C=C1.[Cu+2]. The van der Waals surface area contributed by atoms with Gasteiger partial charge < -0.3 is 9.97 Å². The van der Waals surface area contributed by atoms with Crippen LogP contribution in [-0.2, 0) is 23.5 Å². The molecule has 253 valence electrons. The molecule has 9 rings (SSSR count). The third-order valence-electron chi connectivity index (χ3n) is 9.46. The minimum atomic E-state index is -1.08. The Balaban J connectivity index is 0.00000387. The molecule has 1 radical (unpaired) electrons. The average Bonchev–Trinajstić information content (AvgIpc) is 4.00. The Bertz CT molecular complexity index is 2640. The first-order chi connectivity index (χ1) is 25.1. The summed E-state index contributed by atoms with van der Waals surface area (Å²) in [6.45, 7) is 0. The largest absolute Gasteiger partial charge is 2.00 e. The van der Waals surface area contributed by atoms with Gasteiger partial charge in [-0.3, -0.25) is 10.1 Å². The average molecular weight is 723 g/mol. The Morgan fingerprint density at radius 2 is 0.865 bits per heavy atom. The van der Waals surface area contributed by atoms with Gasteiger partial charge in [0.25, 0.3) is 6.04 Å². The van der Waals surface area contributed by atoms with E-state index in [-0.39, 0.29) is 28.4 Å². The van der Waals surface area contributed by atoms with Gasteiger partial charge in [-0.1, -0.05) is 146 Å². The van der Waals surface area contributed by atoms with Crippen molar-refractivity contribution < 1.29 is 22.0 Å². The van der Waals surface area contributed by atoms with E-state index >= 15 is 0 Å². The Labute approximate surface area is 310 Å². The maximum absolute atomic E-state index is 12.9. The molecule has 52 heavy (non-hydrogen) atoms. The number of nitrogens with zero attached hydrogens (tertiary/aromatic N) is 5. The van der Waals surface area contributed by atoms with Crippen molar-refractivity contribution in [2.45, 2.75) is 12.5 Å². The van der Waals surface area contributed by atoms with E-state index in [1.807, 2.05) is 133 Å². The van der Waals surface area contributed by atoms with Crippen molar-refractivity contribution in [3.05, 3.63) is 178 Å². The fourth-order valence-corrected chi connectivity index (χ4v) is 7.18. The van der Waals surface area contributed by atoms with Crippen LogP contribution in [0.4, 0.5) is 0 Å². The van der Waals surface area contributed by atoms with Crippen LogP contribution < -0.4 is 9.97 Å². The first-order valence-corrected chi connectivity index (χ1v) is 16.8. The third kappa shape index (κ3) is 5.84. The minimum Gasteiger partial charge on any atom is -0.657 e. The molecule has 0 saturated heterocycles. The quantitative estimate of drug-likeness (QED) is 0.0997. The zero-order valence-electron chi connectivity index (χ0n) is 27.6. The topological polar surface area (TPSA) is 97.1 Å². The minimum absolute atomic E-state index is 0. The van der Waals surface area contributed by atoms with Crippen LogP contribution in [0.1, 0.15) is 28.8 Å². The molecule has 8 heteroatoms. The van der Waals surface area contributed by atoms with Gasteiger partial charge in [0.1, 0.15) is 5.69 Å². The normalized spacial score (nSPS) is 13.4. The Kier molecular flexibility index (Phi) is 8.69. The summed E-state index contributed by atoms with van der Waals surface area (Å²) in [4.78, 5) is 33.6. The maximum atomic E-state index is 12.9. The van der Waals surface area contributed by atoms with Crippen LogP contribution in [0.15, 0.2) is 146 Å². The van der Waals surface area contributed by atoms with E-state index in [9.17, 15) is 10.1 Å². The molecule has 3 aromatic heterocycles. The Morgan fingerprint density at radius 3 is 1.29 bits per heavy atom. The molecule has 2 aliphatic heterocycles. The predicted molar refractivity (Wildman–Crippen MR) is 203 cm³/mol. The second kappa shape index (κ2) is 13.8. The van der Waals surface area contributed by atoms with Gasteiger partial charge in [-0.2, -0.15) is 0 Å². The number of hydrogen-bond acceptors (Lipinski definition) is 4. The molecule has 5 heterocycles. The Hall–Kier alpha value is -6.34. The molecule has 1 unspecified atom stereocenters. The van der Waals surface area contributed by atoms with Crippen LogP contribution in [0.25, 0.3) is 78.7 Å². The number of benzene rings is 4. The van der Waals surface area contributed by atoms with E-state index in [4.69, 9.17) is 19.9 Å². The molecule has 7 aromatic rings. The molecule has 0 amide bonds. The van der Waals surface area contributed by atoms with Gasteiger partial charge in [0.15, 0.2) is 0 Å². The van der Waals surface area contributed by atoms with Gasteiger partial charge in [0.2, 0.25) is 0 Å². The van der Waals surface area contributed by atoms with Crippen LogP contribution in [0.5, 0.6) is 0 Å². The summed E-state index contributed by atoms with van der Waals surface area (Å²) >= 11 is 0. The summed E-state index contributed by atoms with van der Waals surface area (Å²) in [6, 6.07) is 46.7. The van der Waals surface area contributed by atoms with E-state index in [0.29, 0.717) is 33.5 Å². The van der Waals surface area contributed by atoms with E-state index in [0.717, 1.165) is 55.8 Å². The summed E-state index contributed by atoms with van der Waals surface area (Å²) < 4.78 is 0. The number of aromatic nitrogens is 4. The first-order valence-electron chi connectivity index (χ1n) is 16.8. The number of fused-ring (bicyclic) bond motifs is 8. The fourth-order valence-electron chi connectivity index (χ4n) is 7.18. The second-order valence-corrected chi connectivity index (χ2v) is 12.6. The van der Waals surface area contributed by atoms with E-state index in [1.54, 1.807) is 0 Å². The molecule has 4 aromatic carbocycles. The van der Waals surface area contributed by atoms with Crippen molar-refractivity contribution in [1.82, 2.24) is 19.9 Å².